The van der Waals surface area contributed by atoms with Crippen LogP contribution in [0.2, 0.25) is 0 Å². The predicted octanol–water partition coefficient (Wildman–Crippen LogP) is 5.56. The number of carbonyl (C=O) groups excluding carboxylic acids is 2. The summed E-state index contributed by atoms with van der Waals surface area (Å²) in [6, 6.07) is 22.0. The van der Waals surface area contributed by atoms with Crippen LogP contribution in [0.1, 0.15) is 44.9 Å². The number of nitrogens with one attached hydrogen (secondary N) is 2. The summed E-state index contributed by atoms with van der Waals surface area (Å²) in [5.41, 5.74) is 7.62. The molecular weight excluding hydrogens is 595 g/mol. The largest absolute Gasteiger partial charge is 0.351 e. The normalized spacial score (nSPS) is 13.9. The lowest BCUT2D eigenvalue weighted by atomic mass is 10.0. The zero-order valence-electron chi connectivity index (χ0n) is 25.1. The maximum atomic E-state index is 13.2. The molecule has 8 rings (SSSR count). The van der Waals surface area contributed by atoms with Crippen LogP contribution in [-0.2, 0) is 13.1 Å². The van der Waals surface area contributed by atoms with Crippen LogP contribution in [0.5, 0.6) is 0 Å². The van der Waals surface area contributed by atoms with Gasteiger partial charge in [0.15, 0.2) is 0 Å². The van der Waals surface area contributed by atoms with E-state index in [-0.39, 0.29) is 11.8 Å². The Morgan fingerprint density at radius 3 is 1.72 bits per heavy atom. The quantitative estimate of drug-likeness (QED) is 0.243. The molecule has 4 aromatic heterocycles. The van der Waals surface area contributed by atoms with Gasteiger partial charge in [-0.2, -0.15) is 14.9 Å². The maximum absolute atomic E-state index is 13.2. The van der Waals surface area contributed by atoms with Crippen LogP contribution in [0.3, 0.4) is 0 Å². The summed E-state index contributed by atoms with van der Waals surface area (Å²) in [6.45, 7) is 2.79. The summed E-state index contributed by atoms with van der Waals surface area (Å²) in [5.74, 6) is -0.733. The maximum Gasteiger partial charge on any atom is 0.267 e. The fraction of sp³-hybridized carbons (Fsp3) is 0.167. The van der Waals surface area contributed by atoms with Gasteiger partial charge in [0.25, 0.3) is 11.8 Å². The van der Waals surface area contributed by atoms with E-state index in [4.69, 9.17) is 0 Å². The second-order valence-electron chi connectivity index (χ2n) is 11.3. The number of rotatable bonds is 2. The Bertz CT molecular complexity index is 2270. The van der Waals surface area contributed by atoms with Crippen molar-refractivity contribution in [2.45, 2.75) is 25.9 Å². The fourth-order valence-electron chi connectivity index (χ4n) is 6.36. The van der Waals surface area contributed by atoms with Gasteiger partial charge in [0.05, 0.1) is 34.3 Å². The average Bonchev–Trinajstić information content (AvgIpc) is 3.54. The van der Waals surface area contributed by atoms with Crippen molar-refractivity contribution in [3.05, 3.63) is 108 Å². The van der Waals surface area contributed by atoms with Gasteiger partial charge in [-0.15, -0.1) is 0 Å². The van der Waals surface area contributed by atoms with Crippen molar-refractivity contribution >= 4 is 33.6 Å². The van der Waals surface area contributed by atoms with Gasteiger partial charge in [-0.1, -0.05) is 0 Å². The molecule has 0 saturated heterocycles. The Hall–Kier alpha value is -6.33. The van der Waals surface area contributed by atoms with Crippen molar-refractivity contribution in [2.75, 3.05) is 13.1 Å². The lowest BCUT2D eigenvalue weighted by molar-refractivity contribution is 0.0943. The smallest absolute Gasteiger partial charge is 0.267 e. The number of nitrogens with zero attached hydrogens (tertiary/aromatic N) is 6. The number of pyridine rings is 2. The van der Waals surface area contributed by atoms with E-state index in [2.05, 4.69) is 37.3 Å². The highest BCUT2D eigenvalue weighted by molar-refractivity contribution is 6.05. The number of hydrogen-bond acceptors (Lipinski definition) is 6. The lowest BCUT2D eigenvalue weighted by Gasteiger charge is -2.10. The van der Waals surface area contributed by atoms with Gasteiger partial charge in [-0.3, -0.25) is 14.6 Å². The first-order valence-corrected chi connectivity index (χ1v) is 15.2. The molecule has 47 heavy (non-hydrogen) atoms. The Labute approximate surface area is 268 Å². The van der Waals surface area contributed by atoms with Gasteiger partial charge in [-0.25, -0.2) is 4.98 Å². The molecule has 0 spiro atoms. The molecule has 2 aliphatic rings. The molecule has 0 saturated carbocycles. The number of amides is 2. The summed E-state index contributed by atoms with van der Waals surface area (Å²) >= 11 is 0. The van der Waals surface area contributed by atoms with Crippen LogP contribution < -0.4 is 10.6 Å². The third-order valence-electron chi connectivity index (χ3n) is 8.43. The number of halogens is 1. The van der Waals surface area contributed by atoms with Crippen LogP contribution in [0, 0.1) is 28.6 Å². The molecule has 11 heteroatoms. The molecule has 0 bridgehead atoms. The number of nitriles is 2. The van der Waals surface area contributed by atoms with E-state index in [1.54, 1.807) is 36.7 Å². The zero-order valence-corrected chi connectivity index (χ0v) is 25.1. The van der Waals surface area contributed by atoms with Crippen LogP contribution >= 0.6 is 0 Å². The van der Waals surface area contributed by atoms with Crippen LogP contribution in [-0.4, -0.2) is 44.0 Å². The Morgan fingerprint density at radius 1 is 0.702 bits per heavy atom. The molecule has 6 aromatic rings. The van der Waals surface area contributed by atoms with Crippen LogP contribution in [0.15, 0.2) is 79.3 Å². The molecule has 0 radical (unpaired) electrons. The van der Waals surface area contributed by atoms with E-state index in [0.717, 1.165) is 57.9 Å². The molecule has 0 unspecified atom stereocenters. The minimum absolute atomic E-state index is 0.0575. The summed E-state index contributed by atoms with van der Waals surface area (Å²) < 4.78 is 17.2. The third-order valence-corrected chi connectivity index (χ3v) is 8.43. The second kappa shape index (κ2) is 12.2. The number of hydrogen-bond donors (Lipinski definition) is 2. The molecule has 10 nitrogen and oxygen atoms in total. The molecule has 0 fully saturated rings. The van der Waals surface area contributed by atoms with Crippen LogP contribution in [0.25, 0.3) is 44.1 Å². The lowest BCUT2D eigenvalue weighted by Crippen LogP contribution is -2.22. The first-order valence-electron chi connectivity index (χ1n) is 15.2. The summed E-state index contributed by atoms with van der Waals surface area (Å²) in [6.07, 6.45) is 6.63. The van der Waals surface area contributed by atoms with Gasteiger partial charge in [0.2, 0.25) is 5.95 Å². The van der Waals surface area contributed by atoms with E-state index in [1.165, 1.54) is 12.3 Å². The number of aryl methyl sites for hydroxylation is 2. The van der Waals surface area contributed by atoms with Gasteiger partial charge in [0, 0.05) is 72.2 Å². The summed E-state index contributed by atoms with van der Waals surface area (Å²) in [5, 5.41) is 26.1. The minimum atomic E-state index is -0.556. The molecule has 2 N–H and O–H groups in total. The monoisotopic (exact) mass is 622 g/mol. The highest BCUT2D eigenvalue weighted by Crippen LogP contribution is 2.34. The number of aromatic nitrogens is 4. The highest BCUT2D eigenvalue weighted by atomic mass is 19.1. The van der Waals surface area contributed by atoms with E-state index in [9.17, 15) is 24.5 Å². The molecular formula is C36H27FN8O2. The third kappa shape index (κ3) is 5.45. The summed E-state index contributed by atoms with van der Waals surface area (Å²) in [4.78, 5) is 32.3. The molecule has 2 aromatic carbocycles. The van der Waals surface area contributed by atoms with Gasteiger partial charge < -0.3 is 19.8 Å². The fourth-order valence-corrected chi connectivity index (χ4v) is 6.36. The Kier molecular flexibility index (Phi) is 7.64. The van der Waals surface area contributed by atoms with Gasteiger partial charge in [-0.05, 0) is 79.1 Å². The number of benzene rings is 2. The van der Waals surface area contributed by atoms with E-state index < -0.39 is 5.95 Å². The van der Waals surface area contributed by atoms with Gasteiger partial charge in [0.1, 0.15) is 11.4 Å². The Morgan fingerprint density at radius 2 is 1.23 bits per heavy atom. The number of fused-ring (bicyclic) bond motifs is 6. The second-order valence-corrected chi connectivity index (χ2v) is 11.3. The van der Waals surface area contributed by atoms with Crippen molar-refractivity contribution in [3.63, 3.8) is 0 Å². The van der Waals surface area contributed by atoms with Crippen molar-refractivity contribution in [2.24, 2.45) is 0 Å². The van der Waals surface area contributed by atoms with E-state index >= 15 is 0 Å². The molecule has 0 aliphatic carbocycles. The average molecular weight is 623 g/mol. The first-order chi connectivity index (χ1) is 22.9. The van der Waals surface area contributed by atoms with Crippen molar-refractivity contribution in [1.29, 1.82) is 10.5 Å². The molecule has 6 heterocycles. The first kappa shape index (κ1) is 29.4. The molecule has 2 aliphatic heterocycles. The standard InChI is InChI=1S/C18H13FN4O.C18H14N4O/c19-16-3-2-12(10-22-16)14-7-11(9-20)6-13-8-15-18(24)21-4-1-5-23(15)17(13)14;19-11-12-8-14-10-16-18(23)21-4-1-7-22(16)17(14)15(9-12)13-2-5-20-6-3-13/h2-3,6-8,10H,1,4-5H2,(H,21,24);2-3,5-6,8-10H,1,4,7H2,(H,21,23). The Balaban J connectivity index is 0.000000150. The van der Waals surface area contributed by atoms with E-state index in [1.807, 2.05) is 34.9 Å². The number of carbonyl (C=O) groups is 2. The molecule has 0 atom stereocenters. The van der Waals surface area contributed by atoms with E-state index in [0.29, 0.717) is 47.7 Å². The van der Waals surface area contributed by atoms with Crippen molar-refractivity contribution < 1.29 is 14.0 Å². The zero-order chi connectivity index (χ0) is 32.5. The van der Waals surface area contributed by atoms with Crippen LogP contribution in [0.4, 0.5) is 4.39 Å². The summed E-state index contributed by atoms with van der Waals surface area (Å²) in [7, 11) is 0. The topological polar surface area (TPSA) is 141 Å². The highest BCUT2D eigenvalue weighted by Gasteiger charge is 2.23. The van der Waals surface area contributed by atoms with Crippen molar-refractivity contribution in [1.82, 2.24) is 29.7 Å². The van der Waals surface area contributed by atoms with Gasteiger partial charge >= 0.3 is 0 Å². The van der Waals surface area contributed by atoms with Crippen molar-refractivity contribution in [3.8, 4) is 34.4 Å². The molecule has 230 valence electrons. The predicted molar refractivity (Wildman–Crippen MR) is 174 cm³/mol. The molecule has 2 amide bonds. The minimum Gasteiger partial charge on any atom is -0.351 e. The SMILES string of the molecule is N#Cc1cc(-c2ccc(F)nc2)c2c(c1)cc1n2CCCNC1=O.N#Cc1cc(-c2ccncc2)c2c(c1)cc1n2CCCNC1=O.